The number of benzene rings is 1. The highest BCUT2D eigenvalue weighted by atomic mass is 35.5. The average molecular weight is 224 g/mol. The zero-order chi connectivity index (χ0) is 9.97. The SMILES string of the molecule is ClC1=CC(Cl)=C(c2ccccc2)C[CH]1. The minimum Gasteiger partial charge on any atom is -0.0888 e. The smallest absolute Gasteiger partial charge is 0.0455 e. The van der Waals surface area contributed by atoms with Crippen LogP contribution in [-0.2, 0) is 0 Å². The quantitative estimate of drug-likeness (QED) is 0.664. The van der Waals surface area contributed by atoms with Gasteiger partial charge >= 0.3 is 0 Å². The second-order valence-electron chi connectivity index (χ2n) is 3.13. The molecule has 1 aromatic carbocycles. The molecule has 14 heavy (non-hydrogen) atoms. The first kappa shape index (κ1) is 9.82. The van der Waals surface area contributed by atoms with Crippen LogP contribution in [0.25, 0.3) is 5.57 Å². The Morgan fingerprint density at radius 2 is 1.71 bits per heavy atom. The molecule has 1 aliphatic carbocycles. The van der Waals surface area contributed by atoms with Crippen LogP contribution in [-0.4, -0.2) is 0 Å². The van der Waals surface area contributed by atoms with Crippen LogP contribution in [0.4, 0.5) is 0 Å². The Morgan fingerprint density at radius 3 is 2.36 bits per heavy atom. The lowest BCUT2D eigenvalue weighted by Crippen LogP contribution is -1.93. The van der Waals surface area contributed by atoms with Crippen LogP contribution < -0.4 is 0 Å². The van der Waals surface area contributed by atoms with Crippen molar-refractivity contribution in [3.8, 4) is 0 Å². The Hall–Kier alpha value is -0.720. The van der Waals surface area contributed by atoms with E-state index in [2.05, 4.69) is 12.1 Å². The van der Waals surface area contributed by atoms with Gasteiger partial charge in [-0.05, 0) is 23.6 Å². The van der Waals surface area contributed by atoms with Gasteiger partial charge in [-0.15, -0.1) is 0 Å². The molecule has 1 aliphatic rings. The predicted octanol–water partition coefficient (Wildman–Crippen LogP) is 4.37. The second-order valence-corrected chi connectivity index (χ2v) is 3.97. The highest BCUT2D eigenvalue weighted by Crippen LogP contribution is 2.33. The zero-order valence-electron chi connectivity index (χ0n) is 7.50. The van der Waals surface area contributed by atoms with Crippen molar-refractivity contribution >= 4 is 28.8 Å². The van der Waals surface area contributed by atoms with E-state index >= 15 is 0 Å². The molecule has 0 amide bonds. The first-order valence-electron chi connectivity index (χ1n) is 4.42. The van der Waals surface area contributed by atoms with Crippen molar-refractivity contribution in [3.63, 3.8) is 0 Å². The maximum Gasteiger partial charge on any atom is 0.0455 e. The number of rotatable bonds is 1. The lowest BCUT2D eigenvalue weighted by molar-refractivity contribution is 1.25. The van der Waals surface area contributed by atoms with Crippen LogP contribution in [0, 0.1) is 6.42 Å². The molecule has 0 saturated carbocycles. The summed E-state index contributed by atoms with van der Waals surface area (Å²) in [5, 5.41) is 1.46. The summed E-state index contributed by atoms with van der Waals surface area (Å²) < 4.78 is 0. The first-order valence-corrected chi connectivity index (χ1v) is 5.17. The molecular weight excluding hydrogens is 215 g/mol. The molecule has 0 N–H and O–H groups in total. The first-order chi connectivity index (χ1) is 6.77. The number of hydrogen-bond donors (Lipinski definition) is 0. The number of halogens is 2. The second kappa shape index (κ2) is 4.20. The van der Waals surface area contributed by atoms with Crippen molar-refractivity contribution in [2.45, 2.75) is 6.42 Å². The third kappa shape index (κ3) is 2.02. The zero-order valence-corrected chi connectivity index (χ0v) is 9.02. The Kier molecular flexibility index (Phi) is 2.95. The van der Waals surface area contributed by atoms with Crippen LogP contribution in [0.3, 0.4) is 0 Å². The topological polar surface area (TPSA) is 0 Å². The normalized spacial score (nSPS) is 16.9. The lowest BCUT2D eigenvalue weighted by atomic mass is 9.97. The van der Waals surface area contributed by atoms with Gasteiger partial charge in [-0.25, -0.2) is 0 Å². The molecule has 0 spiro atoms. The molecule has 0 heterocycles. The van der Waals surface area contributed by atoms with Crippen molar-refractivity contribution in [2.24, 2.45) is 0 Å². The number of allylic oxidation sites excluding steroid dienone is 4. The molecule has 0 aromatic heterocycles. The van der Waals surface area contributed by atoms with Crippen LogP contribution in [0.2, 0.25) is 0 Å². The lowest BCUT2D eigenvalue weighted by Gasteiger charge is -2.13. The van der Waals surface area contributed by atoms with Crippen LogP contribution >= 0.6 is 23.2 Å². The molecule has 1 aromatic rings. The van der Waals surface area contributed by atoms with Gasteiger partial charge < -0.3 is 0 Å². The van der Waals surface area contributed by atoms with Gasteiger partial charge in [0.25, 0.3) is 0 Å². The Labute approximate surface area is 93.8 Å². The largest absolute Gasteiger partial charge is 0.0888 e. The van der Waals surface area contributed by atoms with E-state index in [-0.39, 0.29) is 0 Å². The van der Waals surface area contributed by atoms with Gasteiger partial charge in [0.1, 0.15) is 0 Å². The summed E-state index contributed by atoms with van der Waals surface area (Å²) in [5.41, 5.74) is 2.30. The summed E-state index contributed by atoms with van der Waals surface area (Å²) in [4.78, 5) is 0. The van der Waals surface area contributed by atoms with Crippen molar-refractivity contribution < 1.29 is 0 Å². The Balaban J connectivity index is 2.41. The van der Waals surface area contributed by atoms with Gasteiger partial charge in [0.2, 0.25) is 0 Å². The van der Waals surface area contributed by atoms with Gasteiger partial charge in [0.05, 0.1) is 0 Å². The van der Waals surface area contributed by atoms with Crippen molar-refractivity contribution in [1.29, 1.82) is 0 Å². The number of hydrogen-bond acceptors (Lipinski definition) is 0. The van der Waals surface area contributed by atoms with Crippen molar-refractivity contribution in [3.05, 3.63) is 58.5 Å². The Bertz CT molecular complexity index is 388. The standard InChI is InChI=1S/C12H9Cl2/c13-10-6-7-11(12(14)8-10)9-4-2-1-3-5-9/h1-6,8H,7H2. The third-order valence-electron chi connectivity index (χ3n) is 2.18. The summed E-state index contributed by atoms with van der Waals surface area (Å²) >= 11 is 12.0. The maximum atomic E-state index is 6.11. The molecular formula is C12H9Cl2. The average Bonchev–Trinajstić information content (AvgIpc) is 2.19. The van der Waals surface area contributed by atoms with Gasteiger partial charge in [-0.2, -0.15) is 0 Å². The van der Waals surface area contributed by atoms with E-state index in [1.807, 2.05) is 24.6 Å². The maximum absolute atomic E-state index is 6.11. The Morgan fingerprint density at radius 1 is 1.00 bits per heavy atom. The fourth-order valence-electron chi connectivity index (χ4n) is 1.46. The summed E-state index contributed by atoms with van der Waals surface area (Å²) in [6.07, 6.45) is 4.56. The van der Waals surface area contributed by atoms with E-state index in [0.29, 0.717) is 0 Å². The van der Waals surface area contributed by atoms with Gasteiger partial charge in [0.15, 0.2) is 0 Å². The van der Waals surface area contributed by atoms with Crippen LogP contribution in [0.5, 0.6) is 0 Å². The van der Waals surface area contributed by atoms with Gasteiger partial charge in [-0.1, -0.05) is 53.5 Å². The van der Waals surface area contributed by atoms with Crippen LogP contribution in [0.1, 0.15) is 12.0 Å². The van der Waals surface area contributed by atoms with Gasteiger partial charge in [0, 0.05) is 16.5 Å². The van der Waals surface area contributed by atoms with Crippen molar-refractivity contribution in [1.82, 2.24) is 0 Å². The molecule has 2 heteroatoms. The highest BCUT2D eigenvalue weighted by Gasteiger charge is 2.12. The van der Waals surface area contributed by atoms with E-state index in [4.69, 9.17) is 23.2 Å². The molecule has 1 radical (unpaired) electrons. The molecule has 0 nitrogen and oxygen atoms in total. The molecule has 0 fully saturated rings. The summed E-state index contributed by atoms with van der Waals surface area (Å²) in [6.45, 7) is 0. The van der Waals surface area contributed by atoms with E-state index < -0.39 is 0 Å². The van der Waals surface area contributed by atoms with E-state index in [9.17, 15) is 0 Å². The van der Waals surface area contributed by atoms with E-state index in [1.54, 1.807) is 6.08 Å². The molecule has 0 atom stereocenters. The third-order valence-corrected chi connectivity index (χ3v) is 2.78. The van der Waals surface area contributed by atoms with E-state index in [0.717, 1.165) is 27.6 Å². The monoisotopic (exact) mass is 223 g/mol. The summed E-state index contributed by atoms with van der Waals surface area (Å²) in [6, 6.07) is 10.1. The molecule has 0 bridgehead atoms. The fourth-order valence-corrected chi connectivity index (χ4v) is 2.01. The highest BCUT2D eigenvalue weighted by molar-refractivity contribution is 6.38. The minimum absolute atomic E-state index is 0.717. The minimum atomic E-state index is 0.717. The predicted molar refractivity (Wildman–Crippen MR) is 62.1 cm³/mol. The molecule has 0 unspecified atom stereocenters. The van der Waals surface area contributed by atoms with Crippen molar-refractivity contribution in [2.75, 3.05) is 0 Å². The molecule has 0 saturated heterocycles. The molecule has 71 valence electrons. The fraction of sp³-hybridized carbons (Fsp3) is 0.0833. The molecule has 0 aliphatic heterocycles. The summed E-state index contributed by atoms with van der Waals surface area (Å²) in [5.74, 6) is 0. The molecule has 2 rings (SSSR count). The van der Waals surface area contributed by atoms with E-state index in [1.165, 1.54) is 0 Å². The summed E-state index contributed by atoms with van der Waals surface area (Å²) in [7, 11) is 0. The van der Waals surface area contributed by atoms with Crippen LogP contribution in [0.15, 0.2) is 46.5 Å². The van der Waals surface area contributed by atoms with Gasteiger partial charge in [-0.3, -0.25) is 0 Å².